The fraction of sp³-hybridized carbons (Fsp3) is 0.923. The van der Waals surface area contributed by atoms with Crippen LogP contribution in [0.3, 0.4) is 0 Å². The van der Waals surface area contributed by atoms with Crippen molar-refractivity contribution in [2.75, 3.05) is 13.7 Å². The maximum atomic E-state index is 11.3. The lowest BCUT2D eigenvalue weighted by Gasteiger charge is -2.23. The van der Waals surface area contributed by atoms with E-state index in [0.29, 0.717) is 12.1 Å². The smallest absolute Gasteiger partial charge is 0.322 e. The van der Waals surface area contributed by atoms with E-state index in [2.05, 4.69) is 17.6 Å². The third-order valence-corrected chi connectivity index (χ3v) is 3.39. The molecule has 1 aliphatic rings. The van der Waals surface area contributed by atoms with Crippen LogP contribution in [0.1, 0.15) is 46.0 Å². The molecule has 0 radical (unpaired) electrons. The van der Waals surface area contributed by atoms with Gasteiger partial charge in [-0.25, -0.2) is 0 Å². The van der Waals surface area contributed by atoms with E-state index in [1.807, 2.05) is 6.92 Å². The van der Waals surface area contributed by atoms with Gasteiger partial charge in [-0.2, -0.15) is 0 Å². The third kappa shape index (κ3) is 5.50. The number of carbonyl (C=O) groups is 1. The number of hydrogen-bond acceptors (Lipinski definition) is 4. The summed E-state index contributed by atoms with van der Waals surface area (Å²) in [5.41, 5.74) is 0. The third-order valence-electron chi connectivity index (χ3n) is 3.39. The predicted molar refractivity (Wildman–Crippen MR) is 69.0 cm³/mol. The van der Waals surface area contributed by atoms with Crippen LogP contribution in [-0.4, -0.2) is 37.7 Å². The Morgan fingerprint density at radius 2 is 2.18 bits per heavy atom. The van der Waals surface area contributed by atoms with Gasteiger partial charge in [0.1, 0.15) is 6.04 Å². The molecule has 100 valence electrons. The highest BCUT2D eigenvalue weighted by molar-refractivity contribution is 5.75. The van der Waals surface area contributed by atoms with Gasteiger partial charge in [0.2, 0.25) is 0 Å². The fourth-order valence-corrected chi connectivity index (χ4v) is 2.47. The summed E-state index contributed by atoms with van der Waals surface area (Å²) in [6, 6.07) is 0.699. The largest absolute Gasteiger partial charge is 0.468 e. The summed E-state index contributed by atoms with van der Waals surface area (Å²) < 4.78 is 4.71. The van der Waals surface area contributed by atoms with Crippen LogP contribution in [0.25, 0.3) is 0 Å². The second kappa shape index (κ2) is 7.67. The van der Waals surface area contributed by atoms with Crippen molar-refractivity contribution in [3.63, 3.8) is 0 Å². The van der Waals surface area contributed by atoms with Crippen molar-refractivity contribution in [3.05, 3.63) is 0 Å². The second-order valence-corrected chi connectivity index (χ2v) is 5.05. The lowest BCUT2D eigenvalue weighted by Crippen LogP contribution is -2.43. The number of rotatable bonds is 5. The number of hydrogen-bond donors (Lipinski definition) is 2. The lowest BCUT2D eigenvalue weighted by atomic mass is 10.0. The van der Waals surface area contributed by atoms with E-state index in [1.165, 1.54) is 32.8 Å². The number of methoxy groups -OCH3 is 1. The zero-order chi connectivity index (χ0) is 12.7. The molecular weight excluding hydrogens is 216 g/mol. The van der Waals surface area contributed by atoms with E-state index in [0.717, 1.165) is 13.0 Å². The molecule has 4 heteroatoms. The predicted octanol–water partition coefficient (Wildman–Crippen LogP) is 1.45. The van der Waals surface area contributed by atoms with Crippen LogP contribution < -0.4 is 10.6 Å². The molecule has 0 bridgehead atoms. The maximum Gasteiger partial charge on any atom is 0.322 e. The van der Waals surface area contributed by atoms with Crippen molar-refractivity contribution >= 4 is 5.97 Å². The summed E-state index contributed by atoms with van der Waals surface area (Å²) in [5, 5.41) is 6.86. The zero-order valence-corrected chi connectivity index (χ0v) is 11.3. The minimum atomic E-state index is -0.222. The van der Waals surface area contributed by atoms with Gasteiger partial charge in [0.15, 0.2) is 0 Å². The van der Waals surface area contributed by atoms with E-state index in [4.69, 9.17) is 4.74 Å². The Labute approximate surface area is 104 Å². The topological polar surface area (TPSA) is 50.4 Å². The molecule has 0 aliphatic carbocycles. The Hall–Kier alpha value is -0.610. The van der Waals surface area contributed by atoms with E-state index >= 15 is 0 Å². The molecule has 4 nitrogen and oxygen atoms in total. The molecule has 2 N–H and O–H groups in total. The highest BCUT2D eigenvalue weighted by atomic mass is 16.5. The van der Waals surface area contributed by atoms with Gasteiger partial charge in [-0.05, 0) is 39.7 Å². The van der Waals surface area contributed by atoms with Crippen LogP contribution in [0.4, 0.5) is 0 Å². The van der Waals surface area contributed by atoms with Gasteiger partial charge in [0.25, 0.3) is 0 Å². The van der Waals surface area contributed by atoms with Crippen LogP contribution in [0.5, 0.6) is 0 Å². The molecule has 3 atom stereocenters. The van der Waals surface area contributed by atoms with Crippen molar-refractivity contribution < 1.29 is 9.53 Å². The first-order chi connectivity index (χ1) is 8.13. The van der Waals surface area contributed by atoms with Gasteiger partial charge >= 0.3 is 5.97 Å². The number of esters is 1. The average molecular weight is 242 g/mol. The number of ether oxygens (including phenoxy) is 1. The SMILES string of the molecule is COC(=O)[C@@H](C)NC(C)CC1CCCCCN1. The van der Waals surface area contributed by atoms with Crippen LogP contribution in [-0.2, 0) is 9.53 Å². The average Bonchev–Trinajstić information content (AvgIpc) is 2.56. The van der Waals surface area contributed by atoms with Crippen molar-refractivity contribution in [2.45, 2.75) is 64.1 Å². The standard InChI is InChI=1S/C13H26N2O2/c1-10(15-11(2)13(16)17-3)9-12-7-5-4-6-8-14-12/h10-12,14-15H,4-9H2,1-3H3/t10?,11-,12?/m1/s1. The molecule has 0 spiro atoms. The first kappa shape index (κ1) is 14.5. The minimum absolute atomic E-state index is 0.189. The van der Waals surface area contributed by atoms with Crippen molar-refractivity contribution in [1.82, 2.24) is 10.6 Å². The Morgan fingerprint density at radius 1 is 1.41 bits per heavy atom. The zero-order valence-electron chi connectivity index (χ0n) is 11.3. The van der Waals surface area contributed by atoms with E-state index in [9.17, 15) is 4.79 Å². The summed E-state index contributed by atoms with van der Waals surface area (Å²) in [4.78, 5) is 11.3. The number of carbonyl (C=O) groups excluding carboxylic acids is 1. The monoisotopic (exact) mass is 242 g/mol. The van der Waals surface area contributed by atoms with Crippen molar-refractivity contribution in [1.29, 1.82) is 0 Å². The van der Waals surface area contributed by atoms with Crippen LogP contribution >= 0.6 is 0 Å². The molecule has 17 heavy (non-hydrogen) atoms. The molecule has 0 saturated carbocycles. The molecule has 1 fully saturated rings. The minimum Gasteiger partial charge on any atom is -0.468 e. The summed E-state index contributed by atoms with van der Waals surface area (Å²) in [6.45, 7) is 5.11. The summed E-state index contributed by atoms with van der Waals surface area (Å²) in [6.07, 6.45) is 6.26. The molecule has 0 aromatic heterocycles. The second-order valence-electron chi connectivity index (χ2n) is 5.05. The molecule has 0 amide bonds. The quantitative estimate of drug-likeness (QED) is 0.716. The van der Waals surface area contributed by atoms with Gasteiger partial charge in [-0.15, -0.1) is 0 Å². The van der Waals surface area contributed by atoms with Crippen molar-refractivity contribution in [3.8, 4) is 0 Å². The summed E-state index contributed by atoms with van der Waals surface area (Å²) in [7, 11) is 1.43. The normalized spacial score (nSPS) is 24.8. The first-order valence-electron chi connectivity index (χ1n) is 6.70. The summed E-state index contributed by atoms with van der Waals surface area (Å²) >= 11 is 0. The Morgan fingerprint density at radius 3 is 2.88 bits per heavy atom. The van der Waals surface area contributed by atoms with Gasteiger partial charge in [0.05, 0.1) is 7.11 Å². The van der Waals surface area contributed by atoms with Gasteiger partial charge in [-0.3, -0.25) is 4.79 Å². The molecule has 1 rings (SSSR count). The molecule has 1 heterocycles. The van der Waals surface area contributed by atoms with Crippen LogP contribution in [0, 0.1) is 0 Å². The van der Waals surface area contributed by atoms with E-state index in [1.54, 1.807) is 0 Å². The Balaban J connectivity index is 2.27. The first-order valence-corrected chi connectivity index (χ1v) is 6.70. The highest BCUT2D eigenvalue weighted by Crippen LogP contribution is 2.12. The van der Waals surface area contributed by atoms with E-state index in [-0.39, 0.29) is 12.0 Å². The van der Waals surface area contributed by atoms with Crippen LogP contribution in [0.15, 0.2) is 0 Å². The lowest BCUT2D eigenvalue weighted by molar-refractivity contribution is -0.142. The Bertz CT molecular complexity index is 225. The fourth-order valence-electron chi connectivity index (χ4n) is 2.47. The van der Waals surface area contributed by atoms with E-state index < -0.39 is 0 Å². The molecule has 1 aliphatic heterocycles. The van der Waals surface area contributed by atoms with Crippen LogP contribution in [0.2, 0.25) is 0 Å². The Kier molecular flexibility index (Phi) is 6.52. The van der Waals surface area contributed by atoms with Crippen molar-refractivity contribution in [2.24, 2.45) is 0 Å². The number of nitrogens with one attached hydrogen (secondary N) is 2. The van der Waals surface area contributed by atoms with Gasteiger partial charge < -0.3 is 15.4 Å². The molecular formula is C13H26N2O2. The highest BCUT2D eigenvalue weighted by Gasteiger charge is 2.19. The maximum absolute atomic E-state index is 11.3. The molecule has 0 aromatic carbocycles. The molecule has 1 saturated heterocycles. The van der Waals surface area contributed by atoms with Gasteiger partial charge in [0, 0.05) is 12.1 Å². The van der Waals surface area contributed by atoms with Gasteiger partial charge in [-0.1, -0.05) is 12.8 Å². The molecule has 2 unspecified atom stereocenters. The molecule has 0 aromatic rings. The summed E-state index contributed by atoms with van der Waals surface area (Å²) in [5.74, 6) is -0.189.